The van der Waals surface area contributed by atoms with E-state index < -0.39 is 0 Å². The minimum Gasteiger partial charge on any atom is -0.493 e. The summed E-state index contributed by atoms with van der Waals surface area (Å²) in [5.41, 5.74) is 7.29. The van der Waals surface area contributed by atoms with Gasteiger partial charge in [0.15, 0.2) is 11.5 Å². The largest absolute Gasteiger partial charge is 0.493 e. The van der Waals surface area contributed by atoms with Crippen molar-refractivity contribution in [1.29, 1.82) is 0 Å². The van der Waals surface area contributed by atoms with E-state index in [1.54, 1.807) is 26.5 Å². The van der Waals surface area contributed by atoms with E-state index in [0.717, 1.165) is 51.2 Å². The molecule has 0 radical (unpaired) electrons. The predicted octanol–water partition coefficient (Wildman–Crippen LogP) is 5.25. The number of rotatable bonds is 5. The average Bonchev–Trinajstić information content (AvgIpc) is 3.20. The van der Waals surface area contributed by atoms with Gasteiger partial charge in [-0.1, -0.05) is 30.3 Å². The van der Waals surface area contributed by atoms with Crippen molar-refractivity contribution in [1.82, 2.24) is 14.5 Å². The molecule has 1 aliphatic rings. The lowest BCUT2D eigenvalue weighted by atomic mass is 9.97. The van der Waals surface area contributed by atoms with E-state index >= 15 is 0 Å². The minimum absolute atomic E-state index is 0.00263. The molecule has 1 aliphatic heterocycles. The quantitative estimate of drug-likeness (QED) is 0.377. The molecule has 3 heterocycles. The molecule has 0 fully saturated rings. The zero-order valence-corrected chi connectivity index (χ0v) is 20.5. The number of aromatic nitrogens is 2. The maximum atomic E-state index is 13.4. The van der Waals surface area contributed by atoms with Crippen LogP contribution in [0.15, 0.2) is 66.9 Å². The molecule has 1 amide bonds. The van der Waals surface area contributed by atoms with Gasteiger partial charge in [-0.3, -0.25) is 4.79 Å². The first-order valence-corrected chi connectivity index (χ1v) is 11.7. The average molecular weight is 468 g/mol. The Morgan fingerprint density at radius 1 is 1.00 bits per heavy atom. The Morgan fingerprint density at radius 3 is 2.43 bits per heavy atom. The van der Waals surface area contributed by atoms with Crippen molar-refractivity contribution in [2.45, 2.75) is 19.9 Å². The fourth-order valence-corrected chi connectivity index (χ4v) is 5.01. The molecule has 2 aromatic heterocycles. The number of fused-ring (bicyclic) bond motifs is 2. The number of pyridine rings is 1. The number of ether oxygens (including phenoxy) is 2. The first-order valence-electron chi connectivity index (χ1n) is 11.7. The van der Waals surface area contributed by atoms with E-state index in [2.05, 4.69) is 27.8 Å². The molecule has 178 valence electrons. The molecule has 6 nitrogen and oxygen atoms in total. The van der Waals surface area contributed by atoms with Gasteiger partial charge in [0.25, 0.3) is 0 Å². The Kier molecular flexibility index (Phi) is 6.03. The number of carbonyl (C=O) groups excluding carboxylic acids is 1. The molecule has 5 rings (SSSR count). The van der Waals surface area contributed by atoms with Crippen LogP contribution >= 0.6 is 0 Å². The molecule has 35 heavy (non-hydrogen) atoms. The summed E-state index contributed by atoms with van der Waals surface area (Å²) in [7, 11) is 5.30. The molecule has 0 N–H and O–H groups in total. The Labute approximate surface area is 205 Å². The van der Waals surface area contributed by atoms with Crippen molar-refractivity contribution in [2.24, 2.45) is 7.05 Å². The highest BCUT2D eigenvalue weighted by Crippen LogP contribution is 2.37. The summed E-state index contributed by atoms with van der Waals surface area (Å²) in [6.07, 6.45) is 4.35. The Morgan fingerprint density at radius 2 is 1.71 bits per heavy atom. The zero-order chi connectivity index (χ0) is 24.5. The minimum atomic E-state index is 0.00263. The molecule has 2 aromatic carbocycles. The lowest BCUT2D eigenvalue weighted by molar-refractivity contribution is -0.126. The van der Waals surface area contributed by atoms with Crippen LogP contribution in [0.5, 0.6) is 11.5 Å². The van der Waals surface area contributed by atoms with Crippen molar-refractivity contribution >= 4 is 22.5 Å². The number of aryl methyl sites for hydroxylation is 1. The molecule has 0 saturated heterocycles. The van der Waals surface area contributed by atoms with Gasteiger partial charge >= 0.3 is 0 Å². The normalized spacial score (nSPS) is 13.6. The standard InChI is InChI=1S/C29H29N3O3/c1-19(15-26(33)32-14-12-21-16-24(34-3)25(35-4)17-22(21)18-32)27-23-11-8-13-30-29(23)31(2)28(27)20-9-6-5-7-10-20/h5-11,13,15-17H,12,14,18H2,1-4H3/b19-15+. The van der Waals surface area contributed by atoms with E-state index in [4.69, 9.17) is 9.47 Å². The molecule has 0 unspecified atom stereocenters. The van der Waals surface area contributed by atoms with Crippen LogP contribution in [0, 0.1) is 0 Å². The lowest BCUT2D eigenvalue weighted by Gasteiger charge is -2.29. The summed E-state index contributed by atoms with van der Waals surface area (Å²) < 4.78 is 13.0. The van der Waals surface area contributed by atoms with Crippen LogP contribution in [-0.2, 0) is 24.8 Å². The maximum Gasteiger partial charge on any atom is 0.247 e. The molecule has 6 heteroatoms. The number of hydrogen-bond acceptors (Lipinski definition) is 4. The van der Waals surface area contributed by atoms with Gasteiger partial charge in [0.2, 0.25) is 5.91 Å². The fourth-order valence-electron chi connectivity index (χ4n) is 5.01. The van der Waals surface area contributed by atoms with Crippen molar-refractivity contribution in [3.05, 3.63) is 83.6 Å². The van der Waals surface area contributed by atoms with Gasteiger partial charge in [-0.25, -0.2) is 4.98 Å². The predicted molar refractivity (Wildman–Crippen MR) is 138 cm³/mol. The SMILES string of the molecule is COc1cc2c(cc1OC)CN(C(=O)/C=C(\C)c1c(-c3ccccc3)n(C)c3ncccc13)CC2. The van der Waals surface area contributed by atoms with Gasteiger partial charge in [-0.15, -0.1) is 0 Å². The van der Waals surface area contributed by atoms with Gasteiger partial charge in [0.1, 0.15) is 5.65 Å². The van der Waals surface area contributed by atoms with Crippen molar-refractivity contribution in [3.8, 4) is 22.8 Å². The third-order valence-electron chi connectivity index (χ3n) is 6.76. The summed E-state index contributed by atoms with van der Waals surface area (Å²) in [5, 5.41) is 1.04. The molecular formula is C29H29N3O3. The zero-order valence-electron chi connectivity index (χ0n) is 20.5. The van der Waals surface area contributed by atoms with Crippen LogP contribution in [0.3, 0.4) is 0 Å². The first-order chi connectivity index (χ1) is 17.0. The topological polar surface area (TPSA) is 56.6 Å². The third-order valence-corrected chi connectivity index (χ3v) is 6.76. The van der Waals surface area contributed by atoms with Gasteiger partial charge in [-0.05, 0) is 59.9 Å². The van der Waals surface area contributed by atoms with Crippen molar-refractivity contribution in [3.63, 3.8) is 0 Å². The number of amides is 1. The van der Waals surface area contributed by atoms with Gasteiger partial charge in [0, 0.05) is 43.4 Å². The fraction of sp³-hybridized carbons (Fsp3) is 0.241. The highest BCUT2D eigenvalue weighted by Gasteiger charge is 2.24. The highest BCUT2D eigenvalue weighted by atomic mass is 16.5. The highest BCUT2D eigenvalue weighted by molar-refractivity contribution is 6.04. The Balaban J connectivity index is 1.51. The summed E-state index contributed by atoms with van der Waals surface area (Å²) in [6.45, 7) is 3.21. The van der Waals surface area contributed by atoms with E-state index in [1.807, 2.05) is 55.3 Å². The number of carbonyl (C=O) groups is 1. The molecule has 4 aromatic rings. The molecule has 0 bridgehead atoms. The van der Waals surface area contributed by atoms with Gasteiger partial charge in [-0.2, -0.15) is 0 Å². The van der Waals surface area contributed by atoms with Crippen molar-refractivity contribution < 1.29 is 14.3 Å². The Hall–Kier alpha value is -4.06. The van der Waals surface area contributed by atoms with Crippen molar-refractivity contribution in [2.75, 3.05) is 20.8 Å². The van der Waals surface area contributed by atoms with Crippen LogP contribution in [0.2, 0.25) is 0 Å². The van der Waals surface area contributed by atoms with E-state index in [-0.39, 0.29) is 5.91 Å². The number of hydrogen-bond donors (Lipinski definition) is 0. The van der Waals surface area contributed by atoms with E-state index in [1.165, 1.54) is 5.56 Å². The maximum absolute atomic E-state index is 13.4. The molecular weight excluding hydrogens is 438 g/mol. The second-order valence-electron chi connectivity index (χ2n) is 8.84. The number of nitrogens with zero attached hydrogens (tertiary/aromatic N) is 3. The first kappa shape index (κ1) is 22.7. The molecule has 0 spiro atoms. The van der Waals surface area contributed by atoms with Crippen LogP contribution in [0.1, 0.15) is 23.6 Å². The monoisotopic (exact) mass is 467 g/mol. The number of allylic oxidation sites excluding steroid dienone is 1. The Bertz CT molecular complexity index is 1440. The molecule has 0 atom stereocenters. The van der Waals surface area contributed by atoms with Gasteiger partial charge in [0.05, 0.1) is 19.9 Å². The summed E-state index contributed by atoms with van der Waals surface area (Å²) >= 11 is 0. The summed E-state index contributed by atoms with van der Waals surface area (Å²) in [5.74, 6) is 1.41. The summed E-state index contributed by atoms with van der Waals surface area (Å²) in [6, 6.07) is 18.3. The second kappa shape index (κ2) is 9.29. The second-order valence-corrected chi connectivity index (χ2v) is 8.84. The summed E-state index contributed by atoms with van der Waals surface area (Å²) in [4.78, 5) is 19.9. The third kappa shape index (κ3) is 4.05. The van der Waals surface area contributed by atoms with E-state index in [9.17, 15) is 4.79 Å². The van der Waals surface area contributed by atoms with Crippen LogP contribution in [-0.4, -0.2) is 41.1 Å². The number of benzene rings is 2. The van der Waals surface area contributed by atoms with Crippen LogP contribution < -0.4 is 9.47 Å². The van der Waals surface area contributed by atoms with Crippen LogP contribution in [0.4, 0.5) is 0 Å². The van der Waals surface area contributed by atoms with E-state index in [0.29, 0.717) is 18.8 Å². The molecule has 0 aliphatic carbocycles. The number of methoxy groups -OCH3 is 2. The smallest absolute Gasteiger partial charge is 0.247 e. The lowest BCUT2D eigenvalue weighted by Crippen LogP contribution is -2.35. The molecule has 0 saturated carbocycles. The van der Waals surface area contributed by atoms with Crippen LogP contribution in [0.25, 0.3) is 27.9 Å². The van der Waals surface area contributed by atoms with Gasteiger partial charge < -0.3 is 18.9 Å².